The Morgan fingerprint density at radius 2 is 1.97 bits per heavy atom. The molecule has 1 aromatic heterocycles. The summed E-state index contributed by atoms with van der Waals surface area (Å²) in [7, 11) is 0. The Kier molecular flexibility index (Phi) is 5.88. The number of hydrogen-bond acceptors (Lipinski definition) is 5. The lowest BCUT2D eigenvalue weighted by atomic mass is 9.96. The van der Waals surface area contributed by atoms with Gasteiger partial charge < -0.3 is 14.2 Å². The van der Waals surface area contributed by atoms with Gasteiger partial charge in [0.25, 0.3) is 11.6 Å². The molecule has 1 aliphatic rings. The van der Waals surface area contributed by atoms with Crippen LogP contribution in [0, 0.1) is 10.1 Å². The minimum Gasteiger partial charge on any atom is -0.484 e. The SMILES string of the molecule is CC(C)n1c(C2CCCN(C(=O)COc3ccc([N+](=O)[O-])cc3)C2)nc2ccccc21. The maximum absolute atomic E-state index is 12.8. The molecule has 1 saturated heterocycles. The van der Waals surface area contributed by atoms with Crippen molar-refractivity contribution in [3.05, 3.63) is 64.5 Å². The summed E-state index contributed by atoms with van der Waals surface area (Å²) in [6, 6.07) is 14.2. The van der Waals surface area contributed by atoms with Crippen molar-refractivity contribution in [3.8, 4) is 5.75 Å². The molecule has 2 heterocycles. The molecular weight excluding hydrogens is 396 g/mol. The van der Waals surface area contributed by atoms with Crippen LogP contribution in [0.4, 0.5) is 5.69 Å². The molecule has 0 spiro atoms. The predicted octanol–water partition coefficient (Wildman–Crippen LogP) is 4.31. The average molecular weight is 422 g/mol. The van der Waals surface area contributed by atoms with Crippen LogP contribution in [0.3, 0.4) is 0 Å². The number of carbonyl (C=O) groups excluding carboxylic acids is 1. The van der Waals surface area contributed by atoms with Gasteiger partial charge in [-0.25, -0.2) is 4.98 Å². The van der Waals surface area contributed by atoms with Gasteiger partial charge in [-0.2, -0.15) is 0 Å². The van der Waals surface area contributed by atoms with Gasteiger partial charge in [0, 0.05) is 37.2 Å². The zero-order valence-corrected chi connectivity index (χ0v) is 17.7. The zero-order chi connectivity index (χ0) is 22.0. The number of nitro benzene ring substituents is 1. The van der Waals surface area contributed by atoms with E-state index in [1.807, 2.05) is 23.1 Å². The first-order chi connectivity index (χ1) is 14.9. The third-order valence-corrected chi connectivity index (χ3v) is 5.69. The molecule has 31 heavy (non-hydrogen) atoms. The third-order valence-electron chi connectivity index (χ3n) is 5.69. The first-order valence-electron chi connectivity index (χ1n) is 10.6. The van der Waals surface area contributed by atoms with Gasteiger partial charge in [0.2, 0.25) is 0 Å². The standard InChI is InChI=1S/C23H26N4O4/c1-16(2)26-21-8-4-3-7-20(21)24-23(26)17-6-5-13-25(14-17)22(28)15-31-19-11-9-18(10-12-19)27(29)30/h3-4,7-12,16-17H,5-6,13-15H2,1-2H3. The lowest BCUT2D eigenvalue weighted by Crippen LogP contribution is -2.42. The summed E-state index contributed by atoms with van der Waals surface area (Å²) in [6.45, 7) is 5.52. The third kappa shape index (κ3) is 4.38. The van der Waals surface area contributed by atoms with E-state index in [1.54, 1.807) is 0 Å². The molecular formula is C23H26N4O4. The van der Waals surface area contributed by atoms with Crippen LogP contribution < -0.4 is 4.74 Å². The van der Waals surface area contributed by atoms with E-state index in [0.717, 1.165) is 29.7 Å². The normalized spacial score (nSPS) is 16.6. The van der Waals surface area contributed by atoms with Gasteiger partial charge >= 0.3 is 0 Å². The molecule has 3 aromatic rings. The summed E-state index contributed by atoms with van der Waals surface area (Å²) in [5, 5.41) is 10.8. The van der Waals surface area contributed by atoms with Gasteiger partial charge in [0.15, 0.2) is 6.61 Å². The van der Waals surface area contributed by atoms with E-state index >= 15 is 0 Å². The second-order valence-electron chi connectivity index (χ2n) is 8.14. The molecule has 1 fully saturated rings. The highest BCUT2D eigenvalue weighted by atomic mass is 16.6. The van der Waals surface area contributed by atoms with Crippen molar-refractivity contribution in [2.24, 2.45) is 0 Å². The summed E-state index contributed by atoms with van der Waals surface area (Å²) >= 11 is 0. The van der Waals surface area contributed by atoms with E-state index in [4.69, 9.17) is 9.72 Å². The number of likely N-dealkylation sites (tertiary alicyclic amines) is 1. The predicted molar refractivity (Wildman–Crippen MR) is 117 cm³/mol. The van der Waals surface area contributed by atoms with Crippen LogP contribution in [-0.2, 0) is 4.79 Å². The maximum Gasteiger partial charge on any atom is 0.269 e. The van der Waals surface area contributed by atoms with Crippen molar-refractivity contribution in [1.29, 1.82) is 0 Å². The first-order valence-corrected chi connectivity index (χ1v) is 10.6. The number of nitro groups is 1. The Morgan fingerprint density at radius 1 is 1.23 bits per heavy atom. The Balaban J connectivity index is 1.45. The summed E-state index contributed by atoms with van der Waals surface area (Å²) in [4.78, 5) is 29.8. The lowest BCUT2D eigenvalue weighted by molar-refractivity contribution is -0.384. The molecule has 8 heteroatoms. The van der Waals surface area contributed by atoms with E-state index in [2.05, 4.69) is 24.5 Å². The van der Waals surface area contributed by atoms with Gasteiger partial charge in [-0.1, -0.05) is 12.1 Å². The van der Waals surface area contributed by atoms with E-state index in [0.29, 0.717) is 18.8 Å². The molecule has 8 nitrogen and oxygen atoms in total. The highest BCUT2D eigenvalue weighted by molar-refractivity contribution is 5.78. The fourth-order valence-electron chi connectivity index (χ4n) is 4.21. The molecule has 0 aliphatic carbocycles. The number of carbonyl (C=O) groups is 1. The molecule has 0 N–H and O–H groups in total. The van der Waals surface area contributed by atoms with Crippen molar-refractivity contribution in [1.82, 2.24) is 14.5 Å². The van der Waals surface area contributed by atoms with E-state index in [1.165, 1.54) is 24.3 Å². The number of piperidine rings is 1. The number of aromatic nitrogens is 2. The Labute approximate surface area is 180 Å². The Morgan fingerprint density at radius 3 is 2.68 bits per heavy atom. The van der Waals surface area contributed by atoms with Crippen molar-refractivity contribution >= 4 is 22.6 Å². The van der Waals surface area contributed by atoms with Crippen LogP contribution >= 0.6 is 0 Å². The largest absolute Gasteiger partial charge is 0.484 e. The zero-order valence-electron chi connectivity index (χ0n) is 17.7. The van der Waals surface area contributed by atoms with Crippen molar-refractivity contribution in [2.45, 2.75) is 38.6 Å². The summed E-state index contributed by atoms with van der Waals surface area (Å²) in [6.07, 6.45) is 1.90. The van der Waals surface area contributed by atoms with Gasteiger partial charge in [0.1, 0.15) is 11.6 Å². The van der Waals surface area contributed by atoms with Crippen LogP contribution in [0.15, 0.2) is 48.5 Å². The highest BCUT2D eigenvalue weighted by Gasteiger charge is 2.29. The fraction of sp³-hybridized carbons (Fsp3) is 0.391. The molecule has 0 radical (unpaired) electrons. The fourth-order valence-corrected chi connectivity index (χ4v) is 4.21. The molecule has 1 amide bonds. The smallest absolute Gasteiger partial charge is 0.269 e. The van der Waals surface area contributed by atoms with Gasteiger partial charge in [-0.3, -0.25) is 14.9 Å². The molecule has 1 atom stereocenters. The number of fused-ring (bicyclic) bond motifs is 1. The number of para-hydroxylation sites is 2. The topological polar surface area (TPSA) is 90.5 Å². The van der Waals surface area contributed by atoms with Crippen molar-refractivity contribution in [2.75, 3.05) is 19.7 Å². The molecule has 1 unspecified atom stereocenters. The van der Waals surface area contributed by atoms with Crippen LogP contribution in [0.25, 0.3) is 11.0 Å². The van der Waals surface area contributed by atoms with E-state index in [-0.39, 0.29) is 30.2 Å². The second kappa shape index (κ2) is 8.75. The number of amides is 1. The number of ether oxygens (including phenoxy) is 1. The van der Waals surface area contributed by atoms with E-state index in [9.17, 15) is 14.9 Å². The van der Waals surface area contributed by atoms with Crippen LogP contribution in [0.1, 0.15) is 44.5 Å². The monoisotopic (exact) mass is 422 g/mol. The minimum absolute atomic E-state index is 0.00871. The highest BCUT2D eigenvalue weighted by Crippen LogP contribution is 2.31. The summed E-state index contributed by atoms with van der Waals surface area (Å²) < 4.78 is 7.85. The van der Waals surface area contributed by atoms with Crippen molar-refractivity contribution < 1.29 is 14.5 Å². The number of non-ortho nitro benzene ring substituents is 1. The minimum atomic E-state index is -0.465. The Hall–Kier alpha value is -3.42. The molecule has 1 aliphatic heterocycles. The lowest BCUT2D eigenvalue weighted by Gasteiger charge is -2.33. The molecule has 4 rings (SSSR count). The number of hydrogen-bond donors (Lipinski definition) is 0. The number of nitrogens with zero attached hydrogens (tertiary/aromatic N) is 4. The first kappa shape index (κ1) is 20.8. The average Bonchev–Trinajstić information content (AvgIpc) is 3.18. The number of imidazole rings is 1. The van der Waals surface area contributed by atoms with Gasteiger partial charge in [0.05, 0.1) is 16.0 Å². The second-order valence-corrected chi connectivity index (χ2v) is 8.14. The van der Waals surface area contributed by atoms with Crippen LogP contribution in [0.2, 0.25) is 0 Å². The summed E-state index contributed by atoms with van der Waals surface area (Å²) in [5.74, 6) is 1.56. The molecule has 0 bridgehead atoms. The van der Waals surface area contributed by atoms with Crippen LogP contribution in [0.5, 0.6) is 5.75 Å². The van der Waals surface area contributed by atoms with Crippen molar-refractivity contribution in [3.63, 3.8) is 0 Å². The van der Waals surface area contributed by atoms with Gasteiger partial charge in [-0.05, 0) is 51.0 Å². The molecule has 2 aromatic carbocycles. The number of benzene rings is 2. The van der Waals surface area contributed by atoms with Crippen LogP contribution in [-0.4, -0.2) is 45.0 Å². The molecule has 0 saturated carbocycles. The summed E-state index contributed by atoms with van der Waals surface area (Å²) in [5.41, 5.74) is 2.10. The maximum atomic E-state index is 12.8. The Bertz CT molecular complexity index is 1090. The number of rotatable bonds is 6. The molecule has 162 valence electrons. The van der Waals surface area contributed by atoms with E-state index < -0.39 is 4.92 Å². The van der Waals surface area contributed by atoms with Gasteiger partial charge in [-0.15, -0.1) is 0 Å². The quantitative estimate of drug-likeness (QED) is 0.436.